The largest absolute Gasteiger partial charge is 0.378 e. The minimum Gasteiger partial charge on any atom is -0.378 e. The number of hydrogen-bond donors (Lipinski definition) is 2. The predicted octanol–water partition coefficient (Wildman–Crippen LogP) is 1.68. The fourth-order valence-electron chi connectivity index (χ4n) is 1.74. The fourth-order valence-corrected chi connectivity index (χ4v) is 1.74. The molecule has 4 nitrogen and oxygen atoms in total. The topological polar surface area (TPSA) is 64.3 Å². The van der Waals surface area contributed by atoms with E-state index in [1.807, 2.05) is 13.8 Å². The zero-order valence-corrected chi connectivity index (χ0v) is 11.9. The molecule has 4 heteroatoms. The molecular weight excluding hydrogens is 216 g/mol. The molecule has 0 bridgehead atoms. The van der Waals surface area contributed by atoms with Crippen LogP contribution < -0.4 is 11.1 Å². The maximum Gasteiger partial charge on any atom is 0.237 e. The van der Waals surface area contributed by atoms with Crippen LogP contribution in [0.1, 0.15) is 47.0 Å². The van der Waals surface area contributed by atoms with Gasteiger partial charge in [0.05, 0.1) is 11.6 Å². The van der Waals surface area contributed by atoms with E-state index in [0.717, 1.165) is 13.0 Å². The van der Waals surface area contributed by atoms with Crippen molar-refractivity contribution in [2.24, 2.45) is 11.7 Å². The first kappa shape index (κ1) is 16.4. The van der Waals surface area contributed by atoms with Gasteiger partial charge in [-0.15, -0.1) is 0 Å². The fraction of sp³-hybridized carbons (Fsp3) is 0.923. The van der Waals surface area contributed by atoms with Crippen molar-refractivity contribution in [3.05, 3.63) is 0 Å². The molecule has 0 heterocycles. The average Bonchev–Trinajstić information content (AvgIpc) is 2.23. The molecule has 0 aromatic carbocycles. The Bertz CT molecular complexity index is 231. The third-order valence-corrected chi connectivity index (χ3v) is 3.12. The van der Waals surface area contributed by atoms with Gasteiger partial charge in [-0.25, -0.2) is 0 Å². The lowest BCUT2D eigenvalue weighted by atomic mass is 9.94. The molecule has 0 rings (SSSR count). The maximum atomic E-state index is 11.3. The first-order valence-corrected chi connectivity index (χ1v) is 6.42. The van der Waals surface area contributed by atoms with Crippen LogP contribution >= 0.6 is 0 Å². The highest BCUT2D eigenvalue weighted by Crippen LogP contribution is 2.14. The van der Waals surface area contributed by atoms with E-state index >= 15 is 0 Å². The van der Waals surface area contributed by atoms with E-state index in [4.69, 9.17) is 10.5 Å². The summed E-state index contributed by atoms with van der Waals surface area (Å²) in [5, 5.41) is 2.96. The second-order valence-corrected chi connectivity index (χ2v) is 5.37. The molecule has 1 amide bonds. The van der Waals surface area contributed by atoms with Crippen molar-refractivity contribution in [3.63, 3.8) is 0 Å². The molecule has 0 aromatic heterocycles. The summed E-state index contributed by atoms with van der Waals surface area (Å²) in [6.45, 7) is 8.94. The Labute approximate surface area is 105 Å². The number of ether oxygens (including phenoxy) is 1. The summed E-state index contributed by atoms with van der Waals surface area (Å²) in [7, 11) is 1.75. The third-order valence-electron chi connectivity index (χ3n) is 3.12. The van der Waals surface area contributed by atoms with Crippen molar-refractivity contribution < 1.29 is 9.53 Å². The van der Waals surface area contributed by atoms with E-state index in [9.17, 15) is 4.79 Å². The summed E-state index contributed by atoms with van der Waals surface area (Å²) < 4.78 is 5.69. The summed E-state index contributed by atoms with van der Waals surface area (Å²) in [6.07, 6.45) is 2.87. The van der Waals surface area contributed by atoms with Crippen molar-refractivity contribution in [1.82, 2.24) is 5.32 Å². The highest BCUT2D eigenvalue weighted by molar-refractivity contribution is 5.84. The SMILES string of the molecule is CNC(C)(CC(C)OCCCC(C)C)C(N)=O. The predicted molar refractivity (Wildman–Crippen MR) is 70.8 cm³/mol. The van der Waals surface area contributed by atoms with Gasteiger partial charge in [-0.2, -0.15) is 0 Å². The zero-order chi connectivity index (χ0) is 13.5. The van der Waals surface area contributed by atoms with Crippen molar-refractivity contribution in [2.45, 2.75) is 58.6 Å². The van der Waals surface area contributed by atoms with E-state index < -0.39 is 5.54 Å². The van der Waals surface area contributed by atoms with Crippen LogP contribution in [0.15, 0.2) is 0 Å². The summed E-state index contributed by atoms with van der Waals surface area (Å²) in [5.74, 6) is 0.375. The number of amides is 1. The van der Waals surface area contributed by atoms with E-state index in [0.29, 0.717) is 12.3 Å². The normalized spacial score (nSPS) is 16.8. The number of carbonyl (C=O) groups is 1. The number of hydrogen-bond acceptors (Lipinski definition) is 3. The van der Waals surface area contributed by atoms with Gasteiger partial charge in [0.15, 0.2) is 0 Å². The van der Waals surface area contributed by atoms with Crippen LogP contribution in [0.4, 0.5) is 0 Å². The van der Waals surface area contributed by atoms with E-state index in [-0.39, 0.29) is 12.0 Å². The molecule has 0 saturated heterocycles. The Balaban J connectivity index is 3.92. The second-order valence-electron chi connectivity index (χ2n) is 5.37. The van der Waals surface area contributed by atoms with E-state index in [1.165, 1.54) is 6.42 Å². The van der Waals surface area contributed by atoms with E-state index in [1.54, 1.807) is 7.05 Å². The van der Waals surface area contributed by atoms with Gasteiger partial charge in [-0.1, -0.05) is 13.8 Å². The van der Waals surface area contributed by atoms with Gasteiger partial charge < -0.3 is 15.8 Å². The number of nitrogens with two attached hydrogens (primary N) is 1. The molecule has 0 aliphatic heterocycles. The monoisotopic (exact) mass is 244 g/mol. The molecule has 0 aliphatic rings. The minimum absolute atomic E-state index is 0.0344. The van der Waals surface area contributed by atoms with Crippen LogP contribution in [0.5, 0.6) is 0 Å². The molecule has 2 atom stereocenters. The minimum atomic E-state index is -0.683. The molecule has 0 spiro atoms. The van der Waals surface area contributed by atoms with Crippen LogP contribution in [0, 0.1) is 5.92 Å². The molecule has 102 valence electrons. The summed E-state index contributed by atoms with van der Waals surface area (Å²) in [5.41, 5.74) is 4.68. The van der Waals surface area contributed by atoms with Gasteiger partial charge in [0.1, 0.15) is 0 Å². The molecule has 3 N–H and O–H groups in total. The standard InChI is InChI=1S/C13H28N2O2/c1-10(2)7-6-8-17-11(3)9-13(4,15-5)12(14)16/h10-11,15H,6-9H2,1-5H3,(H2,14,16). The Kier molecular flexibility index (Phi) is 7.39. The summed E-state index contributed by atoms with van der Waals surface area (Å²) >= 11 is 0. The Morgan fingerprint density at radius 2 is 2.00 bits per heavy atom. The van der Waals surface area contributed by atoms with Gasteiger partial charge in [0.25, 0.3) is 0 Å². The lowest BCUT2D eigenvalue weighted by Crippen LogP contribution is -2.53. The Hall–Kier alpha value is -0.610. The molecule has 17 heavy (non-hydrogen) atoms. The molecule has 0 saturated carbocycles. The van der Waals surface area contributed by atoms with Crippen LogP contribution in [0.3, 0.4) is 0 Å². The maximum absolute atomic E-state index is 11.3. The van der Waals surface area contributed by atoms with E-state index in [2.05, 4.69) is 19.2 Å². The number of rotatable bonds is 9. The van der Waals surface area contributed by atoms with Crippen molar-refractivity contribution >= 4 is 5.91 Å². The van der Waals surface area contributed by atoms with Gasteiger partial charge in [-0.05, 0) is 39.7 Å². The van der Waals surface area contributed by atoms with Crippen LogP contribution in [0.25, 0.3) is 0 Å². The first-order valence-electron chi connectivity index (χ1n) is 6.42. The average molecular weight is 244 g/mol. The quantitative estimate of drug-likeness (QED) is 0.607. The molecule has 0 aromatic rings. The van der Waals surface area contributed by atoms with Crippen molar-refractivity contribution in [2.75, 3.05) is 13.7 Å². The Morgan fingerprint density at radius 3 is 2.41 bits per heavy atom. The molecule has 0 radical (unpaired) electrons. The third kappa shape index (κ3) is 6.64. The summed E-state index contributed by atoms with van der Waals surface area (Å²) in [4.78, 5) is 11.3. The van der Waals surface area contributed by atoms with Gasteiger partial charge in [0, 0.05) is 13.0 Å². The van der Waals surface area contributed by atoms with Crippen molar-refractivity contribution in [1.29, 1.82) is 0 Å². The highest BCUT2D eigenvalue weighted by atomic mass is 16.5. The second kappa shape index (κ2) is 7.67. The van der Waals surface area contributed by atoms with Gasteiger partial charge in [-0.3, -0.25) is 4.79 Å². The number of carbonyl (C=O) groups excluding carboxylic acids is 1. The highest BCUT2D eigenvalue weighted by Gasteiger charge is 2.31. The number of primary amides is 1. The lowest BCUT2D eigenvalue weighted by Gasteiger charge is -2.28. The number of nitrogens with one attached hydrogen (secondary N) is 1. The molecular formula is C13H28N2O2. The lowest BCUT2D eigenvalue weighted by molar-refractivity contribution is -0.125. The van der Waals surface area contributed by atoms with Gasteiger partial charge in [0.2, 0.25) is 5.91 Å². The number of likely N-dealkylation sites (N-methyl/N-ethyl adjacent to an activating group) is 1. The zero-order valence-electron chi connectivity index (χ0n) is 11.9. The van der Waals surface area contributed by atoms with Crippen molar-refractivity contribution in [3.8, 4) is 0 Å². The van der Waals surface area contributed by atoms with Crippen LogP contribution in [0.2, 0.25) is 0 Å². The molecule has 0 aliphatic carbocycles. The molecule has 2 unspecified atom stereocenters. The first-order chi connectivity index (χ1) is 7.81. The smallest absolute Gasteiger partial charge is 0.237 e. The Morgan fingerprint density at radius 1 is 1.41 bits per heavy atom. The summed E-state index contributed by atoms with van der Waals surface area (Å²) in [6, 6.07) is 0. The van der Waals surface area contributed by atoms with Crippen LogP contribution in [-0.4, -0.2) is 31.2 Å². The van der Waals surface area contributed by atoms with Gasteiger partial charge >= 0.3 is 0 Å². The van der Waals surface area contributed by atoms with Crippen LogP contribution in [-0.2, 0) is 9.53 Å². The molecule has 0 fully saturated rings.